The number of nitrogens with one attached hydrogen (secondary N) is 1. The van der Waals surface area contributed by atoms with Crippen molar-refractivity contribution >= 4 is 5.97 Å². The second kappa shape index (κ2) is 5.57. The lowest BCUT2D eigenvalue weighted by molar-refractivity contribution is -0.141. The van der Waals surface area contributed by atoms with Crippen LogP contribution in [0.25, 0.3) is 0 Å². The molecule has 0 bridgehead atoms. The van der Waals surface area contributed by atoms with E-state index in [0.717, 1.165) is 0 Å². The molecule has 16 heavy (non-hydrogen) atoms. The summed E-state index contributed by atoms with van der Waals surface area (Å²) in [5.74, 6) is -2.93. The third kappa shape index (κ3) is 4.04. The molecule has 0 aliphatic heterocycles. The highest BCUT2D eigenvalue weighted by atomic mass is 19.3. The average molecular weight is 235 g/mol. The maximum absolute atomic E-state index is 13.3. The smallest absolute Gasteiger partial charge is 0.305 e. The number of hydrogen-bond donors (Lipinski definition) is 1. The van der Waals surface area contributed by atoms with Crippen molar-refractivity contribution in [3.8, 4) is 0 Å². The Balaban J connectivity index is 2.57. The minimum Gasteiger partial charge on any atom is -0.469 e. The highest BCUT2D eigenvalue weighted by molar-refractivity contribution is 5.69. The van der Waals surface area contributed by atoms with Gasteiger partial charge in [-0.3, -0.25) is 4.79 Å². The first-order valence-corrected chi connectivity index (χ1v) is 5.59. The number of carbonyl (C=O) groups is 1. The van der Waals surface area contributed by atoms with Crippen molar-refractivity contribution in [2.45, 2.75) is 44.1 Å². The fourth-order valence-corrected chi connectivity index (χ4v) is 2.21. The summed E-state index contributed by atoms with van der Waals surface area (Å²) in [7, 11) is 3.00. The summed E-state index contributed by atoms with van der Waals surface area (Å²) >= 11 is 0. The summed E-state index contributed by atoms with van der Waals surface area (Å²) in [6.07, 6.45) is 0.972. The summed E-state index contributed by atoms with van der Waals surface area (Å²) in [5.41, 5.74) is 0. The highest BCUT2D eigenvalue weighted by Gasteiger charge is 2.37. The van der Waals surface area contributed by atoms with Crippen LogP contribution in [-0.4, -0.2) is 32.1 Å². The van der Waals surface area contributed by atoms with Crippen molar-refractivity contribution < 1.29 is 18.3 Å². The zero-order chi connectivity index (χ0) is 12.2. The van der Waals surface area contributed by atoms with Crippen LogP contribution in [0.2, 0.25) is 0 Å². The van der Waals surface area contributed by atoms with Crippen LogP contribution >= 0.6 is 0 Å². The van der Waals surface area contributed by atoms with Gasteiger partial charge < -0.3 is 10.1 Å². The van der Waals surface area contributed by atoms with Crippen molar-refractivity contribution in [2.24, 2.45) is 5.92 Å². The van der Waals surface area contributed by atoms with E-state index in [1.54, 1.807) is 7.05 Å². The van der Waals surface area contributed by atoms with E-state index in [4.69, 9.17) is 0 Å². The van der Waals surface area contributed by atoms with E-state index in [2.05, 4.69) is 10.1 Å². The molecule has 0 aromatic heterocycles. The summed E-state index contributed by atoms with van der Waals surface area (Å²) in [4.78, 5) is 11.1. The highest BCUT2D eigenvalue weighted by Crippen LogP contribution is 2.35. The van der Waals surface area contributed by atoms with Crippen molar-refractivity contribution in [1.82, 2.24) is 5.32 Å². The Morgan fingerprint density at radius 1 is 1.56 bits per heavy atom. The Kier molecular flexibility index (Phi) is 4.65. The predicted octanol–water partition coefficient (Wildman–Crippen LogP) is 1.96. The van der Waals surface area contributed by atoms with Crippen molar-refractivity contribution in [3.63, 3.8) is 0 Å². The molecule has 0 aromatic carbocycles. The Bertz CT molecular complexity index is 246. The first-order valence-electron chi connectivity index (χ1n) is 5.59. The van der Waals surface area contributed by atoms with E-state index >= 15 is 0 Å². The molecule has 1 saturated carbocycles. The van der Waals surface area contributed by atoms with Gasteiger partial charge in [0.05, 0.1) is 7.11 Å². The summed E-state index contributed by atoms with van der Waals surface area (Å²) < 4.78 is 31.2. The lowest BCUT2D eigenvalue weighted by Crippen LogP contribution is -2.32. The van der Waals surface area contributed by atoms with Crippen LogP contribution in [0.1, 0.15) is 32.1 Å². The number of halogens is 2. The van der Waals surface area contributed by atoms with Gasteiger partial charge >= 0.3 is 5.97 Å². The zero-order valence-electron chi connectivity index (χ0n) is 9.76. The van der Waals surface area contributed by atoms with E-state index in [1.807, 2.05) is 0 Å². The van der Waals surface area contributed by atoms with Gasteiger partial charge in [-0.05, 0) is 25.8 Å². The van der Waals surface area contributed by atoms with E-state index in [1.165, 1.54) is 7.11 Å². The Hall–Kier alpha value is -0.710. The lowest BCUT2D eigenvalue weighted by Gasteiger charge is -2.19. The second-order valence-electron chi connectivity index (χ2n) is 4.47. The summed E-state index contributed by atoms with van der Waals surface area (Å²) in [5, 5.41) is 2.89. The lowest BCUT2D eigenvalue weighted by atomic mass is 9.95. The maximum atomic E-state index is 13.3. The number of rotatable bonds is 3. The van der Waals surface area contributed by atoms with Crippen LogP contribution in [-0.2, 0) is 9.53 Å². The largest absolute Gasteiger partial charge is 0.469 e. The van der Waals surface area contributed by atoms with Crippen LogP contribution in [0, 0.1) is 5.92 Å². The van der Waals surface area contributed by atoms with Gasteiger partial charge in [0.1, 0.15) is 0 Å². The molecule has 1 rings (SSSR count). The number of alkyl halides is 2. The summed E-state index contributed by atoms with van der Waals surface area (Å²) in [6, 6.07) is -0.216. The molecule has 0 heterocycles. The number of methoxy groups -OCH3 is 1. The van der Waals surface area contributed by atoms with Gasteiger partial charge in [0.15, 0.2) is 0 Å². The molecular formula is C11H19F2NO2. The maximum Gasteiger partial charge on any atom is 0.305 e. The van der Waals surface area contributed by atoms with Crippen LogP contribution in [0.4, 0.5) is 8.78 Å². The molecule has 0 aromatic rings. The first-order chi connectivity index (χ1) is 7.46. The van der Waals surface area contributed by atoms with Gasteiger partial charge in [-0.15, -0.1) is 0 Å². The van der Waals surface area contributed by atoms with Gasteiger partial charge in [0.2, 0.25) is 5.92 Å². The van der Waals surface area contributed by atoms with Crippen molar-refractivity contribution in [1.29, 1.82) is 0 Å². The quantitative estimate of drug-likeness (QED) is 0.600. The van der Waals surface area contributed by atoms with E-state index in [9.17, 15) is 13.6 Å². The third-order valence-corrected chi connectivity index (χ3v) is 3.17. The number of esters is 1. The van der Waals surface area contributed by atoms with Crippen LogP contribution in [0.3, 0.4) is 0 Å². The van der Waals surface area contributed by atoms with Crippen LogP contribution in [0.5, 0.6) is 0 Å². The minimum absolute atomic E-state index is 0.00160. The van der Waals surface area contributed by atoms with Gasteiger partial charge in [-0.1, -0.05) is 0 Å². The molecule has 2 unspecified atom stereocenters. The van der Waals surface area contributed by atoms with Crippen LogP contribution < -0.4 is 5.32 Å². The fourth-order valence-electron chi connectivity index (χ4n) is 2.21. The standard InChI is InChI=1S/C11H19F2NO2/c1-14-9-5-8(6-10(15)16-2)3-4-11(12,13)7-9/h8-9,14H,3-7H2,1-2H3. The molecule has 0 spiro atoms. The fraction of sp³-hybridized carbons (Fsp3) is 0.909. The topological polar surface area (TPSA) is 38.3 Å². The normalized spacial score (nSPS) is 29.5. The first kappa shape index (κ1) is 13.4. The zero-order valence-corrected chi connectivity index (χ0v) is 9.76. The van der Waals surface area contributed by atoms with Gasteiger partial charge in [-0.25, -0.2) is 8.78 Å². The molecule has 1 fully saturated rings. The molecule has 5 heteroatoms. The number of carbonyl (C=O) groups excluding carboxylic acids is 1. The molecule has 3 nitrogen and oxygen atoms in total. The molecule has 0 saturated heterocycles. The minimum atomic E-state index is -2.61. The molecule has 2 atom stereocenters. The molecule has 94 valence electrons. The Morgan fingerprint density at radius 2 is 2.25 bits per heavy atom. The molecule has 0 radical (unpaired) electrons. The van der Waals surface area contributed by atoms with Crippen molar-refractivity contribution in [2.75, 3.05) is 14.2 Å². The molecule has 0 amide bonds. The third-order valence-electron chi connectivity index (χ3n) is 3.17. The molecule has 1 aliphatic carbocycles. The molecule has 1 N–H and O–H groups in total. The number of hydrogen-bond acceptors (Lipinski definition) is 3. The van der Waals surface area contributed by atoms with Gasteiger partial charge in [0, 0.05) is 25.3 Å². The van der Waals surface area contributed by atoms with E-state index < -0.39 is 5.92 Å². The Labute approximate surface area is 94.5 Å². The van der Waals surface area contributed by atoms with E-state index in [0.29, 0.717) is 12.8 Å². The number of ether oxygens (including phenoxy) is 1. The van der Waals surface area contributed by atoms with Gasteiger partial charge in [0.25, 0.3) is 0 Å². The van der Waals surface area contributed by atoms with Crippen LogP contribution in [0.15, 0.2) is 0 Å². The average Bonchev–Trinajstić information content (AvgIpc) is 2.37. The van der Waals surface area contributed by atoms with E-state index in [-0.39, 0.29) is 37.2 Å². The summed E-state index contributed by atoms with van der Waals surface area (Å²) in [6.45, 7) is 0. The Morgan fingerprint density at radius 3 is 2.81 bits per heavy atom. The van der Waals surface area contributed by atoms with Crippen molar-refractivity contribution in [3.05, 3.63) is 0 Å². The monoisotopic (exact) mass is 235 g/mol. The predicted molar refractivity (Wildman–Crippen MR) is 56.4 cm³/mol. The molecular weight excluding hydrogens is 216 g/mol. The molecule has 1 aliphatic rings. The second-order valence-corrected chi connectivity index (χ2v) is 4.47. The SMILES string of the molecule is CNC1CC(CC(=O)OC)CCC(F)(F)C1. The van der Waals surface area contributed by atoms with Gasteiger partial charge in [-0.2, -0.15) is 0 Å².